The van der Waals surface area contributed by atoms with E-state index < -0.39 is 16.0 Å². The lowest BCUT2D eigenvalue weighted by atomic mass is 10.2. The summed E-state index contributed by atoms with van der Waals surface area (Å²) in [6.07, 6.45) is 0. The fourth-order valence-electron chi connectivity index (χ4n) is 2.14. The van der Waals surface area contributed by atoms with E-state index >= 15 is 0 Å². The number of nitrogens with zero attached hydrogens (tertiary/aromatic N) is 1. The predicted octanol–water partition coefficient (Wildman–Crippen LogP) is 2.11. The first-order valence-corrected chi connectivity index (χ1v) is 9.40. The summed E-state index contributed by atoms with van der Waals surface area (Å²) in [6.45, 7) is 0.184. The van der Waals surface area contributed by atoms with Gasteiger partial charge in [-0.05, 0) is 30.3 Å². The number of hydrogen-bond donors (Lipinski definition) is 0. The van der Waals surface area contributed by atoms with Crippen LogP contribution in [0.5, 0.6) is 11.5 Å². The maximum atomic E-state index is 12.5. The van der Waals surface area contributed by atoms with E-state index in [1.165, 1.54) is 39.5 Å². The highest BCUT2D eigenvalue weighted by Gasteiger charge is 2.26. The highest BCUT2D eigenvalue weighted by Crippen LogP contribution is 2.27. The van der Waals surface area contributed by atoms with E-state index in [0.717, 1.165) is 0 Å². The van der Waals surface area contributed by atoms with Crippen LogP contribution in [-0.2, 0) is 19.6 Å². The Labute approximate surface area is 158 Å². The number of esters is 1. The SMILES string of the molecule is COc1ccc(C(=O)OCCOc2ccccc2)cc1S(=O)(=O)N(C)OC. The van der Waals surface area contributed by atoms with Crippen molar-refractivity contribution in [2.24, 2.45) is 0 Å². The molecular formula is C18H21NO7S. The number of benzene rings is 2. The quantitative estimate of drug-likeness (QED) is 0.365. The van der Waals surface area contributed by atoms with Crippen molar-refractivity contribution >= 4 is 16.0 Å². The number of hydrogen-bond acceptors (Lipinski definition) is 7. The summed E-state index contributed by atoms with van der Waals surface area (Å²) < 4.78 is 41.3. The Morgan fingerprint density at radius 2 is 1.74 bits per heavy atom. The van der Waals surface area contributed by atoms with Gasteiger partial charge in [0.2, 0.25) is 0 Å². The van der Waals surface area contributed by atoms with Crippen molar-refractivity contribution < 1.29 is 32.3 Å². The molecule has 2 rings (SSSR count). The van der Waals surface area contributed by atoms with Crippen LogP contribution in [0.25, 0.3) is 0 Å². The van der Waals surface area contributed by atoms with E-state index in [0.29, 0.717) is 10.2 Å². The third kappa shape index (κ3) is 5.19. The van der Waals surface area contributed by atoms with E-state index in [-0.39, 0.29) is 29.4 Å². The number of rotatable bonds is 9. The summed E-state index contributed by atoms with van der Waals surface area (Å²) in [5.74, 6) is 0.0719. The van der Waals surface area contributed by atoms with Crippen LogP contribution in [0.15, 0.2) is 53.4 Å². The van der Waals surface area contributed by atoms with Crippen LogP contribution in [-0.4, -0.2) is 53.3 Å². The standard InChI is InChI=1S/C18H21NO7S/c1-19(24-3)27(21,22)17-13-14(9-10-16(17)23-2)18(20)26-12-11-25-15-7-5-4-6-8-15/h4-10,13H,11-12H2,1-3H3. The van der Waals surface area contributed by atoms with Crippen LogP contribution in [0.4, 0.5) is 0 Å². The minimum Gasteiger partial charge on any atom is -0.495 e. The average Bonchev–Trinajstić information content (AvgIpc) is 2.70. The maximum absolute atomic E-state index is 12.5. The highest BCUT2D eigenvalue weighted by atomic mass is 32.2. The number of hydroxylamine groups is 1. The van der Waals surface area contributed by atoms with Gasteiger partial charge < -0.3 is 14.2 Å². The van der Waals surface area contributed by atoms with Crippen LogP contribution < -0.4 is 9.47 Å². The average molecular weight is 395 g/mol. The van der Waals surface area contributed by atoms with Crippen molar-refractivity contribution in [2.45, 2.75) is 4.90 Å². The smallest absolute Gasteiger partial charge is 0.338 e. The molecule has 0 N–H and O–H groups in total. The zero-order chi connectivity index (χ0) is 19.9. The number of carbonyl (C=O) groups is 1. The van der Waals surface area contributed by atoms with Gasteiger partial charge in [0.05, 0.1) is 19.8 Å². The molecule has 0 saturated carbocycles. The predicted molar refractivity (Wildman–Crippen MR) is 97.2 cm³/mol. The second kappa shape index (κ2) is 9.36. The Morgan fingerprint density at radius 1 is 1.04 bits per heavy atom. The van der Waals surface area contributed by atoms with Crippen LogP contribution in [0.2, 0.25) is 0 Å². The second-order valence-electron chi connectivity index (χ2n) is 5.26. The van der Waals surface area contributed by atoms with Crippen molar-refractivity contribution in [2.75, 3.05) is 34.5 Å². The summed E-state index contributed by atoms with van der Waals surface area (Å²) in [6, 6.07) is 13.1. The molecule has 8 nitrogen and oxygen atoms in total. The van der Waals surface area contributed by atoms with Crippen molar-refractivity contribution in [1.29, 1.82) is 0 Å². The molecule has 0 heterocycles. The molecular weight excluding hydrogens is 374 g/mol. The summed E-state index contributed by atoms with van der Waals surface area (Å²) in [5, 5.41) is 0. The molecule has 0 saturated heterocycles. The van der Waals surface area contributed by atoms with Gasteiger partial charge in [-0.2, -0.15) is 0 Å². The van der Waals surface area contributed by atoms with Gasteiger partial charge in [-0.15, -0.1) is 0 Å². The van der Waals surface area contributed by atoms with Gasteiger partial charge >= 0.3 is 5.97 Å². The number of carbonyl (C=O) groups excluding carboxylic acids is 1. The first kappa shape index (κ1) is 20.7. The third-order valence-corrected chi connectivity index (χ3v) is 5.30. The molecule has 146 valence electrons. The van der Waals surface area contributed by atoms with E-state index in [2.05, 4.69) is 0 Å². The molecule has 9 heteroatoms. The lowest BCUT2D eigenvalue weighted by Crippen LogP contribution is -2.26. The van der Waals surface area contributed by atoms with Crippen LogP contribution >= 0.6 is 0 Å². The lowest BCUT2D eigenvalue weighted by molar-refractivity contribution is -0.0259. The number of sulfonamides is 1. The molecule has 2 aromatic carbocycles. The molecule has 0 radical (unpaired) electrons. The van der Waals surface area contributed by atoms with E-state index in [1.807, 2.05) is 18.2 Å². The zero-order valence-electron chi connectivity index (χ0n) is 15.2. The van der Waals surface area contributed by atoms with Crippen LogP contribution in [0, 0.1) is 0 Å². The molecule has 0 aliphatic heterocycles. The highest BCUT2D eigenvalue weighted by molar-refractivity contribution is 7.89. The van der Waals surface area contributed by atoms with Gasteiger partial charge in [0.1, 0.15) is 29.6 Å². The normalized spacial score (nSPS) is 11.3. The van der Waals surface area contributed by atoms with Crippen LogP contribution in [0.3, 0.4) is 0 Å². The lowest BCUT2D eigenvalue weighted by Gasteiger charge is -2.17. The summed E-state index contributed by atoms with van der Waals surface area (Å²) in [5.41, 5.74) is 0.0681. The Morgan fingerprint density at radius 3 is 2.37 bits per heavy atom. The minimum absolute atomic E-state index is 0.0137. The summed E-state index contributed by atoms with van der Waals surface area (Å²) in [4.78, 5) is 16.8. The minimum atomic E-state index is -4.00. The Bertz CT molecular complexity index is 869. The molecule has 0 spiro atoms. The zero-order valence-corrected chi connectivity index (χ0v) is 16.1. The van der Waals surface area contributed by atoms with E-state index in [9.17, 15) is 13.2 Å². The molecule has 0 aliphatic carbocycles. The molecule has 0 unspecified atom stereocenters. The number of ether oxygens (including phenoxy) is 3. The third-order valence-electron chi connectivity index (χ3n) is 3.60. The molecule has 0 bridgehead atoms. The van der Waals surface area contributed by atoms with Gasteiger partial charge in [-0.1, -0.05) is 22.7 Å². The second-order valence-corrected chi connectivity index (χ2v) is 7.16. The molecule has 0 atom stereocenters. The Kier molecular flexibility index (Phi) is 7.17. The fourth-order valence-corrected chi connectivity index (χ4v) is 3.29. The fraction of sp³-hybridized carbons (Fsp3) is 0.278. The molecule has 27 heavy (non-hydrogen) atoms. The van der Waals surface area contributed by atoms with Gasteiger partial charge in [0.15, 0.2) is 0 Å². The Balaban J connectivity index is 2.07. The maximum Gasteiger partial charge on any atom is 0.338 e. The van der Waals surface area contributed by atoms with Gasteiger partial charge in [-0.3, -0.25) is 4.84 Å². The van der Waals surface area contributed by atoms with Crippen molar-refractivity contribution in [1.82, 2.24) is 4.47 Å². The molecule has 0 amide bonds. The monoisotopic (exact) mass is 395 g/mol. The molecule has 0 aromatic heterocycles. The van der Waals surface area contributed by atoms with Gasteiger partial charge in [-0.25, -0.2) is 13.2 Å². The van der Waals surface area contributed by atoms with Crippen molar-refractivity contribution in [3.8, 4) is 11.5 Å². The van der Waals surface area contributed by atoms with Crippen LogP contribution in [0.1, 0.15) is 10.4 Å². The number of para-hydroxylation sites is 1. The largest absolute Gasteiger partial charge is 0.495 e. The number of methoxy groups -OCH3 is 1. The van der Waals surface area contributed by atoms with Gasteiger partial charge in [0, 0.05) is 7.05 Å². The van der Waals surface area contributed by atoms with E-state index in [1.54, 1.807) is 12.1 Å². The summed E-state index contributed by atoms with van der Waals surface area (Å²) >= 11 is 0. The molecule has 0 fully saturated rings. The summed E-state index contributed by atoms with van der Waals surface area (Å²) in [7, 11) is -0.208. The van der Waals surface area contributed by atoms with Crippen molar-refractivity contribution in [3.05, 3.63) is 54.1 Å². The molecule has 0 aliphatic rings. The first-order chi connectivity index (χ1) is 12.9. The topological polar surface area (TPSA) is 91.4 Å². The van der Waals surface area contributed by atoms with E-state index in [4.69, 9.17) is 19.0 Å². The van der Waals surface area contributed by atoms with Gasteiger partial charge in [0.25, 0.3) is 10.0 Å². The van der Waals surface area contributed by atoms with Crippen molar-refractivity contribution in [3.63, 3.8) is 0 Å². The Hall–Kier alpha value is -2.62. The molecule has 2 aromatic rings. The first-order valence-electron chi connectivity index (χ1n) is 7.96.